The Labute approximate surface area is 265 Å². The number of carbonyl (C=O) groups excluding carboxylic acids is 1. The highest BCUT2D eigenvalue weighted by atomic mass is 32.2. The van der Waals surface area contributed by atoms with Gasteiger partial charge in [0.2, 0.25) is 0 Å². The largest absolute Gasteiger partial charge is 0.613 e. The fourth-order valence-electron chi connectivity index (χ4n) is 4.67. The van der Waals surface area contributed by atoms with E-state index in [1.54, 1.807) is 14.2 Å². The maximum Gasteiger partial charge on any atom is 0.613 e. The summed E-state index contributed by atoms with van der Waals surface area (Å²) in [5.41, 5.74) is 1.87. The monoisotopic (exact) mass is 632 g/mol. The number of nitrogens with one attached hydrogen (secondary N) is 1. The summed E-state index contributed by atoms with van der Waals surface area (Å²) in [4.78, 5) is 13.4. The number of benzene rings is 4. The van der Waals surface area contributed by atoms with Crippen molar-refractivity contribution in [3.63, 3.8) is 0 Å². The van der Waals surface area contributed by atoms with Crippen LogP contribution < -0.4 is 14.6 Å². The minimum atomic E-state index is -2.04. The predicted octanol–water partition coefficient (Wildman–Crippen LogP) is 7.76. The maximum atomic E-state index is 13.4. The van der Waals surface area contributed by atoms with Crippen molar-refractivity contribution in [3.8, 4) is 11.5 Å². The van der Waals surface area contributed by atoms with Crippen molar-refractivity contribution in [2.45, 2.75) is 26.0 Å². The van der Waals surface area contributed by atoms with Gasteiger partial charge >= 0.3 is 8.18 Å². The zero-order chi connectivity index (χ0) is 31.4. The number of ether oxygens (including phenoxy) is 3. The average molecular weight is 633 g/mol. The standard InChI is InChI=1S/C35H39NO6PS/c1-34(2,33(37)44-24-23-42-43(38)36-25-27-11-7-5-8-12-27)26-41-35(28-13-9-6-10-14-28,29-15-19-31(39-3)20-16-29)30-17-21-32(40-4)22-18-30/h5-22H,23-26H2,1-4H3,(H,36,38)/q+1. The fraction of sp³-hybridized carbons (Fsp3) is 0.286. The summed E-state index contributed by atoms with van der Waals surface area (Å²) >= 11 is 1.15. The van der Waals surface area contributed by atoms with E-state index in [-0.39, 0.29) is 18.3 Å². The number of carbonyl (C=O) groups is 1. The van der Waals surface area contributed by atoms with Crippen molar-refractivity contribution in [2.24, 2.45) is 5.41 Å². The van der Waals surface area contributed by atoms with Gasteiger partial charge < -0.3 is 14.2 Å². The Hall–Kier alpha value is -3.52. The summed E-state index contributed by atoms with van der Waals surface area (Å²) in [6.45, 7) is 4.51. The first-order valence-electron chi connectivity index (χ1n) is 14.3. The summed E-state index contributed by atoms with van der Waals surface area (Å²) in [5, 5.41) is 2.83. The minimum absolute atomic E-state index is 0.0417. The van der Waals surface area contributed by atoms with Crippen LogP contribution in [0.3, 0.4) is 0 Å². The van der Waals surface area contributed by atoms with E-state index in [1.807, 2.05) is 123 Å². The van der Waals surface area contributed by atoms with E-state index in [4.69, 9.17) is 18.7 Å². The van der Waals surface area contributed by atoms with Crippen molar-refractivity contribution in [3.05, 3.63) is 131 Å². The maximum absolute atomic E-state index is 13.4. The normalized spacial score (nSPS) is 12.0. The summed E-state index contributed by atoms with van der Waals surface area (Å²) in [5.74, 6) is 1.84. The molecule has 9 heteroatoms. The highest BCUT2D eigenvalue weighted by Gasteiger charge is 2.41. The Kier molecular flexibility index (Phi) is 12.1. The number of hydrogen-bond acceptors (Lipinski definition) is 7. The van der Waals surface area contributed by atoms with Crippen molar-refractivity contribution in [2.75, 3.05) is 33.2 Å². The van der Waals surface area contributed by atoms with Gasteiger partial charge in [0.25, 0.3) is 0 Å². The summed E-state index contributed by atoms with van der Waals surface area (Å²) in [6.07, 6.45) is 0. The van der Waals surface area contributed by atoms with Gasteiger partial charge in [0.1, 0.15) is 23.7 Å². The van der Waals surface area contributed by atoms with Gasteiger partial charge in [-0.3, -0.25) is 4.79 Å². The van der Waals surface area contributed by atoms with Crippen LogP contribution in [0.25, 0.3) is 0 Å². The van der Waals surface area contributed by atoms with Gasteiger partial charge in [-0.05, 0) is 64.9 Å². The van der Waals surface area contributed by atoms with E-state index in [1.165, 1.54) is 0 Å². The lowest BCUT2D eigenvalue weighted by Gasteiger charge is -2.38. The molecule has 0 radical (unpaired) electrons. The van der Waals surface area contributed by atoms with Crippen LogP contribution in [0.2, 0.25) is 0 Å². The van der Waals surface area contributed by atoms with Gasteiger partial charge in [-0.1, -0.05) is 102 Å². The Morgan fingerprint density at radius 3 is 1.77 bits per heavy atom. The molecule has 0 aromatic heterocycles. The second kappa shape index (κ2) is 16.0. The molecule has 0 saturated heterocycles. The zero-order valence-corrected chi connectivity index (χ0v) is 27.2. The number of methoxy groups -OCH3 is 2. The molecule has 7 nitrogen and oxygen atoms in total. The number of rotatable bonds is 16. The Balaban J connectivity index is 1.48. The SMILES string of the molecule is COc1ccc(C(OCC(C)(C)C(=O)SCCO[P+](=O)NCc2ccccc2)(c2ccccc2)c2ccc(OC)cc2)cc1. The summed E-state index contributed by atoms with van der Waals surface area (Å²) in [7, 11) is 1.23. The molecule has 230 valence electrons. The Morgan fingerprint density at radius 2 is 1.25 bits per heavy atom. The number of thioether (sulfide) groups is 1. The van der Waals surface area contributed by atoms with Gasteiger partial charge in [0.15, 0.2) is 5.12 Å². The molecule has 4 rings (SSSR count). The van der Waals surface area contributed by atoms with Crippen molar-refractivity contribution >= 4 is 25.1 Å². The molecule has 4 aromatic rings. The van der Waals surface area contributed by atoms with Gasteiger partial charge in [-0.15, -0.1) is 4.52 Å². The van der Waals surface area contributed by atoms with E-state index in [0.29, 0.717) is 12.3 Å². The molecule has 0 bridgehead atoms. The molecule has 1 atom stereocenters. The Bertz CT molecular complexity index is 1430. The lowest BCUT2D eigenvalue weighted by molar-refractivity contribution is -0.124. The lowest BCUT2D eigenvalue weighted by Crippen LogP contribution is -2.38. The van der Waals surface area contributed by atoms with E-state index < -0.39 is 19.2 Å². The lowest BCUT2D eigenvalue weighted by atomic mass is 9.79. The van der Waals surface area contributed by atoms with E-state index in [2.05, 4.69) is 5.09 Å². The molecule has 1 N–H and O–H groups in total. The second-order valence-corrected chi connectivity index (χ2v) is 12.9. The van der Waals surface area contributed by atoms with Gasteiger partial charge in [-0.2, -0.15) is 0 Å². The average Bonchev–Trinajstić information content (AvgIpc) is 3.07. The predicted molar refractivity (Wildman–Crippen MR) is 176 cm³/mol. The molecular formula is C35H39NO6PS+. The van der Waals surface area contributed by atoms with Crippen LogP contribution in [0.5, 0.6) is 11.5 Å². The van der Waals surface area contributed by atoms with Gasteiger partial charge in [-0.25, -0.2) is 0 Å². The molecule has 0 aliphatic heterocycles. The molecule has 1 unspecified atom stereocenters. The van der Waals surface area contributed by atoms with E-state index in [0.717, 1.165) is 45.5 Å². The van der Waals surface area contributed by atoms with Crippen molar-refractivity contribution in [1.29, 1.82) is 0 Å². The van der Waals surface area contributed by atoms with Crippen LogP contribution in [0.1, 0.15) is 36.1 Å². The Morgan fingerprint density at radius 1 is 0.750 bits per heavy atom. The first-order valence-corrected chi connectivity index (χ1v) is 16.5. The zero-order valence-electron chi connectivity index (χ0n) is 25.5. The quantitative estimate of drug-likeness (QED) is 0.0763. The molecule has 0 fully saturated rings. The molecular weight excluding hydrogens is 593 g/mol. The fourth-order valence-corrected chi connectivity index (χ4v) is 6.25. The highest BCUT2D eigenvalue weighted by molar-refractivity contribution is 8.13. The second-order valence-electron chi connectivity index (χ2n) is 10.7. The summed E-state index contributed by atoms with van der Waals surface area (Å²) < 4.78 is 35.5. The molecule has 0 spiro atoms. The van der Waals surface area contributed by atoms with Crippen LogP contribution in [-0.4, -0.2) is 38.3 Å². The van der Waals surface area contributed by atoms with Crippen LogP contribution >= 0.6 is 19.9 Å². The van der Waals surface area contributed by atoms with E-state index >= 15 is 0 Å². The third kappa shape index (κ3) is 8.56. The molecule has 0 amide bonds. The topological polar surface area (TPSA) is 83.1 Å². The van der Waals surface area contributed by atoms with Gasteiger partial charge in [0.05, 0.1) is 32.8 Å². The third-order valence-corrected chi connectivity index (χ3v) is 9.17. The smallest absolute Gasteiger partial charge is 0.497 e. The molecule has 44 heavy (non-hydrogen) atoms. The molecule has 4 aromatic carbocycles. The first kappa shape index (κ1) is 33.4. The van der Waals surface area contributed by atoms with Crippen LogP contribution in [-0.2, 0) is 30.8 Å². The molecule has 0 aliphatic rings. The number of hydrogen-bond donors (Lipinski definition) is 1. The van der Waals surface area contributed by atoms with E-state index in [9.17, 15) is 9.36 Å². The van der Waals surface area contributed by atoms with Crippen LogP contribution in [0, 0.1) is 5.41 Å². The third-order valence-electron chi connectivity index (χ3n) is 7.16. The van der Waals surface area contributed by atoms with Crippen molar-refractivity contribution < 1.29 is 28.1 Å². The van der Waals surface area contributed by atoms with Crippen LogP contribution in [0.15, 0.2) is 109 Å². The molecule has 0 heterocycles. The summed E-state index contributed by atoms with van der Waals surface area (Å²) in [6, 6.07) is 35.3. The highest BCUT2D eigenvalue weighted by Crippen LogP contribution is 2.43. The van der Waals surface area contributed by atoms with Crippen molar-refractivity contribution in [1.82, 2.24) is 5.09 Å². The minimum Gasteiger partial charge on any atom is -0.497 e. The molecule has 0 aliphatic carbocycles. The van der Waals surface area contributed by atoms with Gasteiger partial charge in [0, 0.05) is 5.75 Å². The molecule has 0 saturated carbocycles. The van der Waals surface area contributed by atoms with Crippen LogP contribution in [0.4, 0.5) is 0 Å². The first-order chi connectivity index (χ1) is 21.3.